The van der Waals surface area contributed by atoms with Gasteiger partial charge in [0.1, 0.15) is 18.1 Å². The second-order valence-corrected chi connectivity index (χ2v) is 5.18. The fourth-order valence-electron chi connectivity index (χ4n) is 2.44. The van der Waals surface area contributed by atoms with E-state index in [1.807, 2.05) is 6.92 Å². The zero-order valence-electron chi connectivity index (χ0n) is 13.0. The summed E-state index contributed by atoms with van der Waals surface area (Å²) >= 11 is 0. The van der Waals surface area contributed by atoms with Crippen LogP contribution in [0.5, 0.6) is 5.75 Å². The van der Waals surface area contributed by atoms with Crippen molar-refractivity contribution in [1.29, 1.82) is 0 Å². The van der Waals surface area contributed by atoms with Crippen molar-refractivity contribution in [3.05, 3.63) is 58.8 Å². The molecule has 124 valence electrons. The molecule has 7 heteroatoms. The Morgan fingerprint density at radius 2 is 2.00 bits per heavy atom. The van der Waals surface area contributed by atoms with Crippen molar-refractivity contribution in [1.82, 2.24) is 9.55 Å². The number of anilines is 1. The first-order valence-corrected chi connectivity index (χ1v) is 7.47. The molecular formula is C17H16FN3O3. The number of nitrogens with zero attached hydrogens (tertiary/aromatic N) is 1. The van der Waals surface area contributed by atoms with Crippen LogP contribution in [0.2, 0.25) is 0 Å². The number of amides is 1. The third kappa shape index (κ3) is 3.29. The molecule has 0 bridgehead atoms. The molecule has 3 rings (SSSR count). The van der Waals surface area contributed by atoms with Gasteiger partial charge in [0, 0.05) is 5.69 Å². The predicted octanol–water partition coefficient (Wildman–Crippen LogP) is 2.51. The van der Waals surface area contributed by atoms with Crippen molar-refractivity contribution in [2.75, 3.05) is 11.9 Å². The molecule has 0 atom stereocenters. The van der Waals surface area contributed by atoms with Crippen molar-refractivity contribution in [3.8, 4) is 5.75 Å². The van der Waals surface area contributed by atoms with Crippen LogP contribution in [0.1, 0.15) is 6.92 Å². The van der Waals surface area contributed by atoms with E-state index in [0.717, 1.165) is 0 Å². The van der Waals surface area contributed by atoms with Crippen LogP contribution in [0.3, 0.4) is 0 Å². The number of benzene rings is 2. The van der Waals surface area contributed by atoms with Crippen molar-refractivity contribution in [3.63, 3.8) is 0 Å². The summed E-state index contributed by atoms with van der Waals surface area (Å²) in [6, 6.07) is 10.9. The average Bonchev–Trinajstić information content (AvgIpc) is 2.84. The van der Waals surface area contributed by atoms with Gasteiger partial charge in [-0.2, -0.15) is 0 Å². The molecule has 0 fully saturated rings. The van der Waals surface area contributed by atoms with Gasteiger partial charge in [0.2, 0.25) is 5.91 Å². The number of aromatic nitrogens is 2. The van der Waals surface area contributed by atoms with Gasteiger partial charge in [0.25, 0.3) is 0 Å². The first-order chi connectivity index (χ1) is 11.6. The molecule has 0 saturated carbocycles. The van der Waals surface area contributed by atoms with Gasteiger partial charge in [0.15, 0.2) is 0 Å². The summed E-state index contributed by atoms with van der Waals surface area (Å²) in [6.07, 6.45) is 0. The summed E-state index contributed by atoms with van der Waals surface area (Å²) in [6.45, 7) is 2.29. The molecule has 24 heavy (non-hydrogen) atoms. The maximum Gasteiger partial charge on any atom is 0.326 e. The van der Waals surface area contributed by atoms with E-state index in [4.69, 9.17) is 4.74 Å². The van der Waals surface area contributed by atoms with Gasteiger partial charge >= 0.3 is 5.69 Å². The van der Waals surface area contributed by atoms with Crippen molar-refractivity contribution < 1.29 is 13.9 Å². The molecule has 0 saturated heterocycles. The minimum atomic E-state index is -0.461. The van der Waals surface area contributed by atoms with Gasteiger partial charge < -0.3 is 15.0 Å². The predicted molar refractivity (Wildman–Crippen MR) is 88.8 cm³/mol. The van der Waals surface area contributed by atoms with E-state index >= 15 is 0 Å². The summed E-state index contributed by atoms with van der Waals surface area (Å²) in [4.78, 5) is 26.6. The van der Waals surface area contributed by atoms with Gasteiger partial charge in [-0.25, -0.2) is 9.18 Å². The Balaban J connectivity index is 1.75. The number of hydrogen-bond donors (Lipinski definition) is 2. The highest BCUT2D eigenvalue weighted by atomic mass is 19.1. The molecule has 1 heterocycles. The molecule has 0 aliphatic rings. The lowest BCUT2D eigenvalue weighted by Crippen LogP contribution is -2.25. The molecule has 2 N–H and O–H groups in total. The smallest absolute Gasteiger partial charge is 0.326 e. The lowest BCUT2D eigenvalue weighted by atomic mass is 10.3. The second-order valence-electron chi connectivity index (χ2n) is 5.18. The molecule has 6 nitrogen and oxygen atoms in total. The third-order valence-corrected chi connectivity index (χ3v) is 3.49. The van der Waals surface area contributed by atoms with Crippen LogP contribution in [-0.4, -0.2) is 22.1 Å². The molecular weight excluding hydrogens is 313 g/mol. The van der Waals surface area contributed by atoms with E-state index in [-0.39, 0.29) is 12.5 Å². The lowest BCUT2D eigenvalue weighted by molar-refractivity contribution is -0.116. The van der Waals surface area contributed by atoms with Gasteiger partial charge in [-0.05, 0) is 49.4 Å². The molecule has 1 amide bonds. The Labute approximate surface area is 136 Å². The summed E-state index contributed by atoms with van der Waals surface area (Å²) in [5, 5.41) is 2.71. The maximum atomic E-state index is 13.2. The van der Waals surface area contributed by atoms with E-state index in [1.165, 1.54) is 22.8 Å². The Kier molecular flexibility index (Phi) is 4.33. The molecule has 0 aliphatic carbocycles. The van der Waals surface area contributed by atoms with E-state index < -0.39 is 11.5 Å². The van der Waals surface area contributed by atoms with E-state index in [9.17, 15) is 14.0 Å². The second kappa shape index (κ2) is 6.57. The monoisotopic (exact) mass is 329 g/mol. The number of ether oxygens (including phenoxy) is 1. The van der Waals surface area contributed by atoms with Gasteiger partial charge in [-0.3, -0.25) is 9.36 Å². The van der Waals surface area contributed by atoms with Crippen molar-refractivity contribution in [2.45, 2.75) is 13.5 Å². The Bertz CT molecular complexity index is 928. The van der Waals surface area contributed by atoms with Gasteiger partial charge in [-0.1, -0.05) is 0 Å². The maximum absolute atomic E-state index is 13.2. The molecule has 0 radical (unpaired) electrons. The summed E-state index contributed by atoms with van der Waals surface area (Å²) in [5.41, 5.74) is 0.969. The Hall–Kier alpha value is -3.09. The molecule has 3 aromatic rings. The Morgan fingerprint density at radius 1 is 1.25 bits per heavy atom. The summed E-state index contributed by atoms with van der Waals surface area (Å²) in [5.74, 6) is -0.0911. The number of carbonyl (C=O) groups is 1. The van der Waals surface area contributed by atoms with Crippen molar-refractivity contribution >= 4 is 22.6 Å². The minimum absolute atomic E-state index is 0.169. The van der Waals surface area contributed by atoms with Crippen LogP contribution in [0.15, 0.2) is 47.3 Å². The summed E-state index contributed by atoms with van der Waals surface area (Å²) in [7, 11) is 0. The Morgan fingerprint density at radius 3 is 2.71 bits per heavy atom. The number of halogens is 1. The number of fused-ring (bicyclic) bond motifs is 1. The van der Waals surface area contributed by atoms with Crippen LogP contribution < -0.4 is 15.7 Å². The molecule has 0 unspecified atom stereocenters. The summed E-state index contributed by atoms with van der Waals surface area (Å²) < 4.78 is 19.8. The van der Waals surface area contributed by atoms with Gasteiger partial charge in [-0.15, -0.1) is 0 Å². The number of aromatic amines is 1. The largest absolute Gasteiger partial charge is 0.494 e. The van der Waals surface area contributed by atoms with E-state index in [2.05, 4.69) is 10.3 Å². The third-order valence-electron chi connectivity index (χ3n) is 3.49. The van der Waals surface area contributed by atoms with Crippen LogP contribution in [-0.2, 0) is 11.3 Å². The number of rotatable bonds is 5. The molecule has 0 aliphatic heterocycles. The highest BCUT2D eigenvalue weighted by molar-refractivity contribution is 5.91. The fraction of sp³-hybridized carbons (Fsp3) is 0.176. The molecule has 1 aromatic heterocycles. The number of hydrogen-bond acceptors (Lipinski definition) is 3. The first-order valence-electron chi connectivity index (χ1n) is 7.47. The molecule has 2 aromatic carbocycles. The topological polar surface area (TPSA) is 76.1 Å². The quantitative estimate of drug-likeness (QED) is 0.755. The number of carbonyl (C=O) groups excluding carboxylic acids is 1. The minimum Gasteiger partial charge on any atom is -0.494 e. The first kappa shape index (κ1) is 15.8. The van der Waals surface area contributed by atoms with Gasteiger partial charge in [0.05, 0.1) is 17.6 Å². The SMILES string of the molecule is CCOc1ccc(NC(=O)Cn2c(=O)[nH]c3cc(F)ccc32)cc1. The van der Waals surface area contributed by atoms with E-state index in [0.29, 0.717) is 29.1 Å². The average molecular weight is 329 g/mol. The van der Waals surface area contributed by atoms with Crippen LogP contribution in [0.25, 0.3) is 11.0 Å². The number of imidazole rings is 1. The zero-order chi connectivity index (χ0) is 17.1. The van der Waals surface area contributed by atoms with Crippen LogP contribution in [0, 0.1) is 5.82 Å². The van der Waals surface area contributed by atoms with E-state index in [1.54, 1.807) is 24.3 Å². The number of H-pyrrole nitrogens is 1. The fourth-order valence-corrected chi connectivity index (χ4v) is 2.44. The highest BCUT2D eigenvalue weighted by Gasteiger charge is 2.11. The normalized spacial score (nSPS) is 10.8. The number of nitrogens with one attached hydrogen (secondary N) is 2. The lowest BCUT2D eigenvalue weighted by Gasteiger charge is -2.08. The zero-order valence-corrected chi connectivity index (χ0v) is 13.0. The standard InChI is InChI=1S/C17H16FN3O3/c1-2-24-13-6-4-12(5-7-13)19-16(22)10-21-15-8-3-11(18)9-14(15)20-17(21)23/h3-9H,2,10H2,1H3,(H,19,22)(H,20,23). The van der Waals surface area contributed by atoms with Crippen LogP contribution in [0.4, 0.5) is 10.1 Å². The van der Waals surface area contributed by atoms with Crippen LogP contribution >= 0.6 is 0 Å². The highest BCUT2D eigenvalue weighted by Crippen LogP contribution is 2.16. The molecule has 0 spiro atoms. The van der Waals surface area contributed by atoms with Crippen molar-refractivity contribution in [2.24, 2.45) is 0 Å².